The van der Waals surface area contributed by atoms with E-state index in [-0.39, 0.29) is 24.9 Å². The van der Waals surface area contributed by atoms with E-state index in [2.05, 4.69) is 30.4 Å². The Morgan fingerprint density at radius 1 is 1.33 bits per heavy atom. The van der Waals surface area contributed by atoms with Gasteiger partial charge in [-0.05, 0) is 12.0 Å². The molecule has 0 spiro atoms. The van der Waals surface area contributed by atoms with Gasteiger partial charge in [0.1, 0.15) is 12.4 Å². The Bertz CT molecular complexity index is 944. The molecule has 30 heavy (non-hydrogen) atoms. The first-order chi connectivity index (χ1) is 14.5. The largest absolute Gasteiger partial charge is 0.377 e. The molecule has 0 fully saturated rings. The minimum absolute atomic E-state index is 0.0429. The van der Waals surface area contributed by atoms with Crippen LogP contribution in [0.4, 0.5) is 0 Å². The van der Waals surface area contributed by atoms with Crippen molar-refractivity contribution in [3.8, 4) is 0 Å². The summed E-state index contributed by atoms with van der Waals surface area (Å²) in [4.78, 5) is 8.67. The summed E-state index contributed by atoms with van der Waals surface area (Å²) >= 11 is 0. The number of aliphatic imine (C=N–C) groups is 1. The second-order valence-electron chi connectivity index (χ2n) is 7.06. The predicted molar refractivity (Wildman–Crippen MR) is 114 cm³/mol. The fraction of sp³-hybridized carbons (Fsp3) is 0.526. The van der Waals surface area contributed by atoms with Gasteiger partial charge in [0, 0.05) is 39.7 Å². The number of hydrogen-bond donors (Lipinski definition) is 3. The van der Waals surface area contributed by atoms with Gasteiger partial charge in [-0.2, -0.15) is 5.10 Å². The summed E-state index contributed by atoms with van der Waals surface area (Å²) in [5.74, 6) is 2.17. The van der Waals surface area contributed by atoms with E-state index in [9.17, 15) is 8.42 Å². The standard InChI is InChI=1S/C19H29N7O3S/c1-20-19(21-10-11-30(27,28)22-12-15-6-4-3-5-7-15)23-16-8-9-18-24-17(14-29-2)25-26(18)13-16/h3-7,16,22H,8-14H2,1-2H3,(H2,20,21,23). The van der Waals surface area contributed by atoms with Gasteiger partial charge in [-0.15, -0.1) is 0 Å². The monoisotopic (exact) mass is 435 g/mol. The Morgan fingerprint density at radius 2 is 2.13 bits per heavy atom. The number of nitrogens with zero attached hydrogens (tertiary/aromatic N) is 4. The van der Waals surface area contributed by atoms with Gasteiger partial charge in [0.2, 0.25) is 10.0 Å². The summed E-state index contributed by atoms with van der Waals surface area (Å²) < 4.78 is 34.0. The quantitative estimate of drug-likeness (QED) is 0.375. The topological polar surface area (TPSA) is 123 Å². The average molecular weight is 436 g/mol. The van der Waals surface area contributed by atoms with Crippen LogP contribution in [-0.4, -0.2) is 61.6 Å². The molecule has 0 aliphatic carbocycles. The first-order valence-corrected chi connectivity index (χ1v) is 11.5. The number of benzene rings is 1. The maximum absolute atomic E-state index is 12.2. The highest BCUT2D eigenvalue weighted by atomic mass is 32.2. The fourth-order valence-electron chi connectivity index (χ4n) is 3.22. The number of methoxy groups -OCH3 is 1. The first kappa shape index (κ1) is 22.2. The lowest BCUT2D eigenvalue weighted by atomic mass is 10.1. The van der Waals surface area contributed by atoms with Crippen LogP contribution < -0.4 is 15.4 Å². The smallest absolute Gasteiger partial charge is 0.213 e. The molecule has 1 unspecified atom stereocenters. The molecular weight excluding hydrogens is 406 g/mol. The number of rotatable bonds is 9. The summed E-state index contributed by atoms with van der Waals surface area (Å²) in [6.45, 7) is 1.60. The number of sulfonamides is 1. The lowest BCUT2D eigenvalue weighted by Gasteiger charge is -2.25. The van der Waals surface area contributed by atoms with Crippen LogP contribution >= 0.6 is 0 Å². The number of ether oxygens (including phenoxy) is 1. The zero-order valence-corrected chi connectivity index (χ0v) is 18.2. The van der Waals surface area contributed by atoms with E-state index in [0.29, 0.717) is 24.9 Å². The molecule has 10 nitrogen and oxygen atoms in total. The highest BCUT2D eigenvalue weighted by Crippen LogP contribution is 2.13. The van der Waals surface area contributed by atoms with Crippen LogP contribution in [0.1, 0.15) is 23.6 Å². The Morgan fingerprint density at radius 3 is 2.87 bits per heavy atom. The van der Waals surface area contributed by atoms with Gasteiger partial charge < -0.3 is 15.4 Å². The molecule has 1 atom stereocenters. The zero-order chi connectivity index (χ0) is 21.4. The van der Waals surface area contributed by atoms with Crippen molar-refractivity contribution >= 4 is 16.0 Å². The molecule has 164 valence electrons. The molecular formula is C19H29N7O3S. The normalized spacial score (nSPS) is 16.9. The first-order valence-electron chi connectivity index (χ1n) is 9.89. The SMILES string of the molecule is CN=C(NCCS(=O)(=O)NCc1ccccc1)NC1CCc2nc(COC)nn2C1. The van der Waals surface area contributed by atoms with Crippen LogP contribution in [0.2, 0.25) is 0 Å². The van der Waals surface area contributed by atoms with E-state index < -0.39 is 10.0 Å². The Labute approximate surface area is 177 Å². The minimum Gasteiger partial charge on any atom is -0.377 e. The van der Waals surface area contributed by atoms with Crippen molar-refractivity contribution in [3.05, 3.63) is 47.5 Å². The Hall–Kier alpha value is -2.50. The van der Waals surface area contributed by atoms with E-state index in [1.165, 1.54) is 0 Å². The van der Waals surface area contributed by atoms with Crippen molar-refractivity contribution in [2.45, 2.75) is 38.6 Å². The van der Waals surface area contributed by atoms with Crippen molar-refractivity contribution in [3.63, 3.8) is 0 Å². The van der Waals surface area contributed by atoms with E-state index in [1.54, 1.807) is 14.2 Å². The van der Waals surface area contributed by atoms with Crippen LogP contribution in [0.15, 0.2) is 35.3 Å². The number of nitrogens with one attached hydrogen (secondary N) is 3. The van der Waals surface area contributed by atoms with E-state index in [0.717, 1.165) is 24.2 Å². The van der Waals surface area contributed by atoms with Gasteiger partial charge in [-0.1, -0.05) is 30.3 Å². The lowest BCUT2D eigenvalue weighted by Crippen LogP contribution is -2.48. The third-order valence-electron chi connectivity index (χ3n) is 4.74. The zero-order valence-electron chi connectivity index (χ0n) is 17.3. The van der Waals surface area contributed by atoms with Crippen molar-refractivity contribution in [2.75, 3.05) is 26.5 Å². The summed E-state index contributed by atoms with van der Waals surface area (Å²) in [5, 5.41) is 10.9. The van der Waals surface area contributed by atoms with Crippen LogP contribution in [0.5, 0.6) is 0 Å². The summed E-state index contributed by atoms with van der Waals surface area (Å²) in [7, 11) is -0.102. The molecule has 2 heterocycles. The predicted octanol–water partition coefficient (Wildman–Crippen LogP) is 0.0239. The van der Waals surface area contributed by atoms with Gasteiger partial charge in [-0.25, -0.2) is 22.8 Å². The number of aromatic nitrogens is 3. The molecule has 3 rings (SSSR count). The summed E-state index contributed by atoms with van der Waals surface area (Å²) in [6, 6.07) is 9.56. The van der Waals surface area contributed by atoms with Crippen molar-refractivity contribution in [1.82, 2.24) is 30.1 Å². The van der Waals surface area contributed by atoms with Crippen LogP contribution in [0.25, 0.3) is 0 Å². The van der Waals surface area contributed by atoms with Crippen LogP contribution in [-0.2, 0) is 40.9 Å². The highest BCUT2D eigenvalue weighted by molar-refractivity contribution is 7.89. The van der Waals surface area contributed by atoms with E-state index >= 15 is 0 Å². The number of guanidine groups is 1. The number of aryl methyl sites for hydroxylation is 1. The Balaban J connectivity index is 1.43. The molecule has 1 aliphatic heterocycles. The molecule has 0 saturated carbocycles. The van der Waals surface area contributed by atoms with Crippen LogP contribution in [0, 0.1) is 0 Å². The number of hydrogen-bond acceptors (Lipinski definition) is 6. The third-order valence-corrected chi connectivity index (χ3v) is 6.07. The maximum Gasteiger partial charge on any atom is 0.213 e. The maximum atomic E-state index is 12.2. The van der Waals surface area contributed by atoms with E-state index in [1.807, 2.05) is 35.0 Å². The molecule has 0 bridgehead atoms. The number of fused-ring (bicyclic) bond motifs is 1. The molecule has 3 N–H and O–H groups in total. The lowest BCUT2D eigenvalue weighted by molar-refractivity contribution is 0.177. The van der Waals surface area contributed by atoms with Gasteiger partial charge in [0.25, 0.3) is 0 Å². The van der Waals surface area contributed by atoms with E-state index in [4.69, 9.17) is 4.74 Å². The molecule has 1 aliphatic rings. The minimum atomic E-state index is -3.39. The van der Waals surface area contributed by atoms with Gasteiger partial charge >= 0.3 is 0 Å². The van der Waals surface area contributed by atoms with Crippen LogP contribution in [0.3, 0.4) is 0 Å². The highest BCUT2D eigenvalue weighted by Gasteiger charge is 2.22. The van der Waals surface area contributed by atoms with Gasteiger partial charge in [-0.3, -0.25) is 4.99 Å². The fourth-order valence-corrected chi connectivity index (χ4v) is 4.12. The van der Waals surface area contributed by atoms with Gasteiger partial charge in [0.15, 0.2) is 11.8 Å². The molecule has 1 aromatic heterocycles. The Kier molecular flexibility index (Phi) is 7.77. The second kappa shape index (κ2) is 10.5. The third kappa shape index (κ3) is 6.51. The van der Waals surface area contributed by atoms with Crippen molar-refractivity contribution < 1.29 is 13.2 Å². The summed E-state index contributed by atoms with van der Waals surface area (Å²) in [6.07, 6.45) is 1.70. The second-order valence-corrected chi connectivity index (χ2v) is 8.99. The molecule has 0 amide bonds. The summed E-state index contributed by atoms with van der Waals surface area (Å²) in [5.41, 5.74) is 0.921. The van der Waals surface area contributed by atoms with Crippen molar-refractivity contribution in [2.24, 2.45) is 4.99 Å². The average Bonchev–Trinajstić information content (AvgIpc) is 3.14. The molecule has 1 aromatic carbocycles. The molecule has 0 radical (unpaired) electrons. The van der Waals surface area contributed by atoms with Gasteiger partial charge in [0.05, 0.1) is 12.3 Å². The molecule has 11 heteroatoms. The molecule has 2 aromatic rings. The molecule has 0 saturated heterocycles. The van der Waals surface area contributed by atoms with Crippen molar-refractivity contribution in [1.29, 1.82) is 0 Å².